The molecule has 0 saturated carbocycles. The molecule has 7 heteroatoms. The Labute approximate surface area is 120 Å². The summed E-state index contributed by atoms with van der Waals surface area (Å²) in [5.74, 6) is -1.81. The minimum atomic E-state index is -1.03. The van der Waals surface area contributed by atoms with Gasteiger partial charge in [-0.15, -0.1) is 0 Å². The Hall–Kier alpha value is -2.57. The molecule has 0 bridgehead atoms. The summed E-state index contributed by atoms with van der Waals surface area (Å²) in [6.07, 6.45) is 0.116. The van der Waals surface area contributed by atoms with Crippen LogP contribution in [0, 0.1) is 5.82 Å². The van der Waals surface area contributed by atoms with Gasteiger partial charge in [0.05, 0.1) is 0 Å². The third-order valence-corrected chi connectivity index (χ3v) is 2.62. The fraction of sp³-hybridized carbons (Fsp3) is 0.286. The molecule has 0 radical (unpaired) electrons. The van der Waals surface area contributed by atoms with Crippen molar-refractivity contribution in [3.63, 3.8) is 0 Å². The van der Waals surface area contributed by atoms with Crippen molar-refractivity contribution in [2.45, 2.75) is 13.0 Å². The Balaban J connectivity index is 1.88. The molecule has 0 unspecified atom stereocenters. The Bertz CT molecular complexity index is 555. The summed E-state index contributed by atoms with van der Waals surface area (Å²) in [5, 5.41) is 2.50. The van der Waals surface area contributed by atoms with Crippen LogP contribution in [0.25, 0.3) is 0 Å². The Kier molecular flexibility index (Phi) is 4.76. The van der Waals surface area contributed by atoms with Gasteiger partial charge in [-0.05, 0) is 31.2 Å². The summed E-state index contributed by atoms with van der Waals surface area (Å²) in [5.41, 5.74) is 0.403. The minimum Gasteiger partial charge on any atom is -0.493 e. The zero-order valence-corrected chi connectivity index (χ0v) is 11.3. The quantitative estimate of drug-likeness (QED) is 0.854. The van der Waals surface area contributed by atoms with E-state index in [1.807, 2.05) is 0 Å². The molecule has 6 nitrogen and oxygen atoms in total. The number of nitrogens with one attached hydrogen (secondary N) is 1. The molecule has 0 spiro atoms. The third kappa shape index (κ3) is 4.20. The molecule has 1 heterocycles. The second kappa shape index (κ2) is 6.74. The summed E-state index contributed by atoms with van der Waals surface area (Å²) in [7, 11) is 0. The number of carbonyl (C=O) groups is 2. The van der Waals surface area contributed by atoms with Crippen LogP contribution in [-0.2, 0) is 23.8 Å². The van der Waals surface area contributed by atoms with Crippen LogP contribution in [0.15, 0.2) is 36.3 Å². The molecule has 1 aliphatic heterocycles. The summed E-state index contributed by atoms with van der Waals surface area (Å²) in [4.78, 5) is 23.5. The molecule has 0 aliphatic carbocycles. The number of amides is 1. The Morgan fingerprint density at radius 2 is 2.00 bits per heavy atom. The molecule has 1 atom stereocenters. The molecule has 0 fully saturated rings. The number of halogens is 1. The topological polar surface area (TPSA) is 73.9 Å². The van der Waals surface area contributed by atoms with Gasteiger partial charge >= 0.3 is 5.97 Å². The lowest BCUT2D eigenvalue weighted by molar-refractivity contribution is -0.153. The zero-order chi connectivity index (χ0) is 15.2. The van der Waals surface area contributed by atoms with Crippen LogP contribution >= 0.6 is 0 Å². The van der Waals surface area contributed by atoms with Gasteiger partial charge in [-0.3, -0.25) is 4.79 Å². The van der Waals surface area contributed by atoms with Gasteiger partial charge in [0, 0.05) is 5.69 Å². The monoisotopic (exact) mass is 295 g/mol. The lowest BCUT2D eigenvalue weighted by Crippen LogP contribution is -2.31. The molecule has 112 valence electrons. The van der Waals surface area contributed by atoms with Gasteiger partial charge < -0.3 is 19.5 Å². The van der Waals surface area contributed by atoms with Crippen molar-refractivity contribution in [1.82, 2.24) is 0 Å². The maximum Gasteiger partial charge on any atom is 0.377 e. The highest BCUT2D eigenvalue weighted by Gasteiger charge is 2.23. The van der Waals surface area contributed by atoms with Crippen molar-refractivity contribution in [3.8, 4) is 0 Å². The van der Waals surface area contributed by atoms with Gasteiger partial charge in [-0.2, -0.15) is 0 Å². The van der Waals surface area contributed by atoms with Crippen LogP contribution in [-0.4, -0.2) is 31.2 Å². The predicted molar refractivity (Wildman–Crippen MR) is 70.6 cm³/mol. The molecule has 1 N–H and O–H groups in total. The fourth-order valence-corrected chi connectivity index (χ4v) is 1.52. The summed E-state index contributed by atoms with van der Waals surface area (Å²) < 4.78 is 27.7. The SMILES string of the molecule is C[C@@H](OC(=O)C1=COCCO1)C(=O)Nc1ccc(F)cc1. The average Bonchev–Trinajstić information content (AvgIpc) is 2.50. The largest absolute Gasteiger partial charge is 0.493 e. The van der Waals surface area contributed by atoms with Gasteiger partial charge in [0.1, 0.15) is 25.3 Å². The zero-order valence-electron chi connectivity index (χ0n) is 11.3. The number of esters is 1. The smallest absolute Gasteiger partial charge is 0.377 e. The maximum absolute atomic E-state index is 12.7. The number of anilines is 1. The molecular formula is C14H14FNO5. The fourth-order valence-electron chi connectivity index (χ4n) is 1.52. The van der Waals surface area contributed by atoms with Gasteiger partial charge in [0.2, 0.25) is 5.76 Å². The molecular weight excluding hydrogens is 281 g/mol. The predicted octanol–water partition coefficient (Wildman–Crippen LogP) is 1.58. The van der Waals surface area contributed by atoms with Crippen molar-refractivity contribution < 1.29 is 28.2 Å². The molecule has 1 aliphatic rings. The number of hydrogen-bond donors (Lipinski definition) is 1. The van der Waals surface area contributed by atoms with Crippen LogP contribution in [0.5, 0.6) is 0 Å². The van der Waals surface area contributed by atoms with E-state index in [1.54, 1.807) is 0 Å². The molecule has 1 amide bonds. The van der Waals surface area contributed by atoms with Crippen LogP contribution in [0.1, 0.15) is 6.92 Å². The molecule has 2 rings (SSSR count). The van der Waals surface area contributed by atoms with Crippen LogP contribution in [0.4, 0.5) is 10.1 Å². The molecule has 0 aromatic heterocycles. The first-order chi connectivity index (χ1) is 10.1. The van der Waals surface area contributed by atoms with E-state index in [2.05, 4.69) is 5.32 Å². The van der Waals surface area contributed by atoms with Gasteiger partial charge in [0.25, 0.3) is 5.91 Å². The Morgan fingerprint density at radius 1 is 1.29 bits per heavy atom. The third-order valence-electron chi connectivity index (χ3n) is 2.62. The average molecular weight is 295 g/mol. The lowest BCUT2D eigenvalue weighted by atomic mass is 10.3. The second-order valence-corrected chi connectivity index (χ2v) is 4.25. The van der Waals surface area contributed by atoms with Crippen LogP contribution < -0.4 is 5.32 Å². The van der Waals surface area contributed by atoms with E-state index in [1.165, 1.54) is 31.2 Å². The molecule has 21 heavy (non-hydrogen) atoms. The number of carbonyl (C=O) groups excluding carboxylic acids is 2. The van der Waals surface area contributed by atoms with E-state index < -0.39 is 23.8 Å². The normalized spacial score (nSPS) is 15.0. The maximum atomic E-state index is 12.7. The molecule has 0 saturated heterocycles. The lowest BCUT2D eigenvalue weighted by Gasteiger charge is -2.17. The van der Waals surface area contributed by atoms with Crippen molar-refractivity contribution in [1.29, 1.82) is 0 Å². The minimum absolute atomic E-state index is 0.0808. The van der Waals surface area contributed by atoms with Crippen molar-refractivity contribution in [3.05, 3.63) is 42.1 Å². The van der Waals surface area contributed by atoms with Gasteiger partial charge in [-0.25, -0.2) is 9.18 Å². The van der Waals surface area contributed by atoms with Crippen molar-refractivity contribution in [2.75, 3.05) is 18.5 Å². The number of ether oxygens (including phenoxy) is 3. The highest BCUT2D eigenvalue weighted by Crippen LogP contribution is 2.11. The van der Waals surface area contributed by atoms with Gasteiger partial charge in [0.15, 0.2) is 6.10 Å². The van der Waals surface area contributed by atoms with E-state index in [-0.39, 0.29) is 12.4 Å². The van der Waals surface area contributed by atoms with E-state index in [0.29, 0.717) is 12.3 Å². The van der Waals surface area contributed by atoms with Gasteiger partial charge in [-0.1, -0.05) is 0 Å². The second-order valence-electron chi connectivity index (χ2n) is 4.25. The first-order valence-electron chi connectivity index (χ1n) is 6.28. The standard InChI is InChI=1S/C14H14FNO5/c1-9(21-14(18)12-8-19-6-7-20-12)13(17)16-11-4-2-10(15)3-5-11/h2-5,8-9H,6-7H2,1H3,(H,16,17)/t9-/m1/s1. The van der Waals surface area contributed by atoms with Crippen LogP contribution in [0.3, 0.4) is 0 Å². The summed E-state index contributed by atoms with van der Waals surface area (Å²) in [6.45, 7) is 2.02. The Morgan fingerprint density at radius 3 is 2.62 bits per heavy atom. The first kappa shape index (κ1) is 14.8. The summed E-state index contributed by atoms with van der Waals surface area (Å²) in [6, 6.07) is 5.24. The number of benzene rings is 1. The van der Waals surface area contributed by atoms with Crippen molar-refractivity contribution >= 4 is 17.6 Å². The summed E-state index contributed by atoms with van der Waals surface area (Å²) >= 11 is 0. The molecule has 1 aromatic rings. The molecule has 1 aromatic carbocycles. The van der Waals surface area contributed by atoms with E-state index in [9.17, 15) is 14.0 Å². The number of hydrogen-bond acceptors (Lipinski definition) is 5. The van der Waals surface area contributed by atoms with Crippen LogP contribution in [0.2, 0.25) is 0 Å². The van der Waals surface area contributed by atoms with E-state index in [0.717, 1.165) is 6.26 Å². The van der Waals surface area contributed by atoms with E-state index in [4.69, 9.17) is 14.2 Å². The van der Waals surface area contributed by atoms with E-state index >= 15 is 0 Å². The van der Waals surface area contributed by atoms with Crippen molar-refractivity contribution in [2.24, 2.45) is 0 Å². The highest BCUT2D eigenvalue weighted by atomic mass is 19.1. The first-order valence-corrected chi connectivity index (χ1v) is 6.28. The number of rotatable bonds is 4. The highest BCUT2D eigenvalue weighted by molar-refractivity contribution is 5.96.